The van der Waals surface area contributed by atoms with E-state index in [1.807, 2.05) is 6.07 Å². The molecule has 0 spiro atoms. The van der Waals surface area contributed by atoms with E-state index in [4.69, 9.17) is 16.0 Å². The fraction of sp³-hybridized carbons (Fsp3) is 0.333. The third-order valence-electron chi connectivity index (χ3n) is 2.39. The van der Waals surface area contributed by atoms with E-state index in [1.54, 1.807) is 12.1 Å². The van der Waals surface area contributed by atoms with Crippen molar-refractivity contribution in [3.8, 4) is 11.5 Å². The fourth-order valence-corrected chi connectivity index (χ4v) is 2.09. The minimum Gasteiger partial charge on any atom is -0.421 e. The molecule has 96 valence electrons. The third kappa shape index (κ3) is 3.31. The first-order chi connectivity index (χ1) is 8.70. The predicted molar refractivity (Wildman–Crippen MR) is 74.7 cm³/mol. The number of nitrogens with zero attached hydrogens (tertiary/aromatic N) is 2. The topological polar surface area (TPSA) is 51.0 Å². The number of hydrogen-bond acceptors (Lipinski definition) is 4. The second-order valence-corrected chi connectivity index (χ2v) is 5.02. The lowest BCUT2D eigenvalue weighted by Gasteiger charge is -1.99. The van der Waals surface area contributed by atoms with Crippen LogP contribution in [-0.2, 0) is 6.42 Å². The summed E-state index contributed by atoms with van der Waals surface area (Å²) in [5.41, 5.74) is 0.810. The largest absolute Gasteiger partial charge is 0.421 e. The zero-order chi connectivity index (χ0) is 13.0. The SMILES string of the molecule is CCNCCc1nnc(-c2cc(Cl)ccc2Br)o1. The van der Waals surface area contributed by atoms with Gasteiger partial charge in [0.1, 0.15) is 0 Å². The van der Waals surface area contributed by atoms with Crippen LogP contribution in [0.25, 0.3) is 11.5 Å². The lowest BCUT2D eigenvalue weighted by molar-refractivity contribution is 0.496. The van der Waals surface area contributed by atoms with Gasteiger partial charge in [-0.2, -0.15) is 0 Å². The zero-order valence-electron chi connectivity index (χ0n) is 9.91. The van der Waals surface area contributed by atoms with E-state index in [9.17, 15) is 0 Å². The molecule has 0 radical (unpaired) electrons. The lowest BCUT2D eigenvalue weighted by Crippen LogP contribution is -2.16. The molecule has 0 fully saturated rings. The van der Waals surface area contributed by atoms with Gasteiger partial charge in [-0.25, -0.2) is 0 Å². The Hall–Kier alpha value is -0.910. The average molecular weight is 331 g/mol. The molecule has 1 heterocycles. The summed E-state index contributed by atoms with van der Waals surface area (Å²) in [5.74, 6) is 1.11. The van der Waals surface area contributed by atoms with Gasteiger partial charge in [0.25, 0.3) is 0 Å². The van der Waals surface area contributed by atoms with E-state index in [-0.39, 0.29) is 0 Å². The van der Waals surface area contributed by atoms with Gasteiger partial charge in [-0.15, -0.1) is 10.2 Å². The van der Waals surface area contributed by atoms with Crippen molar-refractivity contribution in [1.29, 1.82) is 0 Å². The molecule has 0 saturated carbocycles. The fourth-order valence-electron chi connectivity index (χ4n) is 1.50. The maximum absolute atomic E-state index is 5.96. The van der Waals surface area contributed by atoms with Crippen molar-refractivity contribution >= 4 is 27.5 Å². The third-order valence-corrected chi connectivity index (χ3v) is 3.32. The van der Waals surface area contributed by atoms with E-state index in [2.05, 4.69) is 38.4 Å². The Bertz CT molecular complexity index is 530. The van der Waals surface area contributed by atoms with Crippen LogP contribution in [-0.4, -0.2) is 23.3 Å². The predicted octanol–water partition coefficient (Wildman–Crippen LogP) is 3.30. The second-order valence-electron chi connectivity index (χ2n) is 3.73. The molecule has 0 saturated heterocycles. The van der Waals surface area contributed by atoms with Gasteiger partial charge < -0.3 is 9.73 Å². The van der Waals surface area contributed by atoms with Crippen LogP contribution < -0.4 is 5.32 Å². The Balaban J connectivity index is 2.16. The number of rotatable bonds is 5. The molecular formula is C12H13BrClN3O. The van der Waals surface area contributed by atoms with E-state index >= 15 is 0 Å². The highest BCUT2D eigenvalue weighted by Gasteiger charge is 2.12. The Labute approximate surface area is 119 Å². The van der Waals surface area contributed by atoms with Crippen LogP contribution in [0, 0.1) is 0 Å². The first-order valence-corrected chi connectivity index (χ1v) is 6.86. The molecule has 18 heavy (non-hydrogen) atoms. The van der Waals surface area contributed by atoms with Crippen molar-refractivity contribution in [3.05, 3.63) is 33.6 Å². The normalized spacial score (nSPS) is 10.8. The van der Waals surface area contributed by atoms with E-state index < -0.39 is 0 Å². The molecule has 0 amide bonds. The summed E-state index contributed by atoms with van der Waals surface area (Å²) < 4.78 is 6.48. The van der Waals surface area contributed by atoms with Gasteiger partial charge in [-0.05, 0) is 40.7 Å². The Morgan fingerprint density at radius 1 is 1.39 bits per heavy atom. The first kappa shape index (κ1) is 13.5. The van der Waals surface area contributed by atoms with Crippen molar-refractivity contribution in [3.63, 3.8) is 0 Å². The number of benzene rings is 1. The molecule has 1 aromatic carbocycles. The standard InChI is InChI=1S/C12H13BrClN3O/c1-2-15-6-5-11-16-17-12(18-11)9-7-8(14)3-4-10(9)13/h3-4,7,15H,2,5-6H2,1H3. The number of aromatic nitrogens is 2. The van der Waals surface area contributed by atoms with Gasteiger partial charge in [-0.3, -0.25) is 0 Å². The number of hydrogen-bond donors (Lipinski definition) is 1. The van der Waals surface area contributed by atoms with Crippen LogP contribution in [0.4, 0.5) is 0 Å². The summed E-state index contributed by atoms with van der Waals surface area (Å²) in [4.78, 5) is 0. The van der Waals surface area contributed by atoms with Gasteiger partial charge in [-0.1, -0.05) is 18.5 Å². The summed E-state index contributed by atoms with van der Waals surface area (Å²) in [6.45, 7) is 3.82. The van der Waals surface area contributed by atoms with Crippen LogP contribution in [0.2, 0.25) is 5.02 Å². The molecule has 0 bridgehead atoms. The van der Waals surface area contributed by atoms with Crippen LogP contribution in [0.3, 0.4) is 0 Å². The van der Waals surface area contributed by atoms with Crippen LogP contribution in [0.1, 0.15) is 12.8 Å². The highest BCUT2D eigenvalue weighted by molar-refractivity contribution is 9.10. The molecular weight excluding hydrogens is 318 g/mol. The molecule has 1 N–H and O–H groups in total. The van der Waals surface area contributed by atoms with Crippen LogP contribution in [0.15, 0.2) is 27.1 Å². The second kappa shape index (κ2) is 6.31. The number of nitrogens with one attached hydrogen (secondary N) is 1. The highest BCUT2D eigenvalue weighted by Crippen LogP contribution is 2.29. The van der Waals surface area contributed by atoms with Gasteiger partial charge in [0.15, 0.2) is 0 Å². The zero-order valence-corrected chi connectivity index (χ0v) is 12.3. The van der Waals surface area contributed by atoms with E-state index in [1.165, 1.54) is 0 Å². The van der Waals surface area contributed by atoms with Crippen LogP contribution >= 0.6 is 27.5 Å². The van der Waals surface area contributed by atoms with Crippen molar-refractivity contribution in [2.75, 3.05) is 13.1 Å². The summed E-state index contributed by atoms with van der Waals surface area (Å²) in [7, 11) is 0. The van der Waals surface area contributed by atoms with Gasteiger partial charge >= 0.3 is 0 Å². The summed E-state index contributed by atoms with van der Waals surface area (Å²) in [6, 6.07) is 5.46. The lowest BCUT2D eigenvalue weighted by atomic mass is 10.2. The van der Waals surface area contributed by atoms with Crippen molar-refractivity contribution in [2.24, 2.45) is 0 Å². The minimum atomic E-state index is 0.482. The van der Waals surface area contributed by atoms with Gasteiger partial charge in [0, 0.05) is 22.5 Å². The Kier molecular flexibility index (Phi) is 4.74. The molecule has 0 aliphatic rings. The molecule has 0 aliphatic heterocycles. The minimum absolute atomic E-state index is 0.482. The average Bonchev–Trinajstić information content (AvgIpc) is 2.81. The van der Waals surface area contributed by atoms with E-state index in [0.717, 1.165) is 29.5 Å². The molecule has 2 aromatic rings. The maximum Gasteiger partial charge on any atom is 0.248 e. The molecule has 1 aromatic heterocycles. The highest BCUT2D eigenvalue weighted by atomic mass is 79.9. The molecule has 2 rings (SSSR count). The Morgan fingerprint density at radius 2 is 2.22 bits per heavy atom. The summed E-state index contributed by atoms with van der Waals surface area (Å²) in [6.07, 6.45) is 0.721. The first-order valence-electron chi connectivity index (χ1n) is 5.69. The van der Waals surface area contributed by atoms with E-state index in [0.29, 0.717) is 16.8 Å². The molecule has 4 nitrogen and oxygen atoms in total. The number of likely N-dealkylation sites (N-methyl/N-ethyl adjacent to an activating group) is 1. The smallest absolute Gasteiger partial charge is 0.248 e. The van der Waals surface area contributed by atoms with Crippen molar-refractivity contribution in [2.45, 2.75) is 13.3 Å². The maximum atomic E-state index is 5.96. The molecule has 0 atom stereocenters. The number of halogens is 2. The van der Waals surface area contributed by atoms with Crippen molar-refractivity contribution in [1.82, 2.24) is 15.5 Å². The van der Waals surface area contributed by atoms with Crippen molar-refractivity contribution < 1.29 is 4.42 Å². The Morgan fingerprint density at radius 3 is 3.00 bits per heavy atom. The van der Waals surface area contributed by atoms with Gasteiger partial charge in [0.05, 0.1) is 5.56 Å². The van der Waals surface area contributed by atoms with Crippen LogP contribution in [0.5, 0.6) is 0 Å². The molecule has 0 unspecified atom stereocenters. The summed E-state index contributed by atoms with van der Waals surface area (Å²) in [5, 5.41) is 11.9. The monoisotopic (exact) mass is 329 g/mol. The molecule has 0 aliphatic carbocycles. The summed E-state index contributed by atoms with van der Waals surface area (Å²) >= 11 is 9.40. The molecule has 6 heteroatoms. The van der Waals surface area contributed by atoms with Gasteiger partial charge in [0.2, 0.25) is 11.8 Å². The quantitative estimate of drug-likeness (QED) is 0.855.